The van der Waals surface area contributed by atoms with Crippen LogP contribution in [0.2, 0.25) is 0 Å². The van der Waals surface area contributed by atoms with Gasteiger partial charge in [-0.15, -0.1) is 0 Å². The van der Waals surface area contributed by atoms with Gasteiger partial charge in [-0.05, 0) is 42.8 Å². The van der Waals surface area contributed by atoms with Crippen LogP contribution < -0.4 is 5.32 Å². The van der Waals surface area contributed by atoms with E-state index < -0.39 is 0 Å². The van der Waals surface area contributed by atoms with Crippen molar-refractivity contribution in [2.75, 3.05) is 5.32 Å². The standard InChI is InChI=1S/C15H13N3O/c1-11-4-2-5-12(10-11)17-15-16-8-7-13(18-15)14-6-3-9-19-14/h2-10H,1H3,(H,16,17,18). The van der Waals surface area contributed by atoms with Crippen molar-refractivity contribution in [1.82, 2.24) is 9.97 Å². The van der Waals surface area contributed by atoms with Crippen LogP contribution in [0.25, 0.3) is 11.5 Å². The Hall–Kier alpha value is -2.62. The number of hydrogen-bond donors (Lipinski definition) is 1. The molecule has 4 heteroatoms. The molecular formula is C15H13N3O. The largest absolute Gasteiger partial charge is 0.463 e. The minimum Gasteiger partial charge on any atom is -0.463 e. The molecule has 19 heavy (non-hydrogen) atoms. The van der Waals surface area contributed by atoms with Gasteiger partial charge >= 0.3 is 0 Å². The van der Waals surface area contributed by atoms with Crippen molar-refractivity contribution in [1.29, 1.82) is 0 Å². The maximum atomic E-state index is 5.33. The lowest BCUT2D eigenvalue weighted by atomic mass is 10.2. The number of aryl methyl sites for hydroxylation is 1. The van der Waals surface area contributed by atoms with Crippen molar-refractivity contribution in [3.8, 4) is 11.5 Å². The molecule has 94 valence electrons. The fraction of sp³-hybridized carbons (Fsp3) is 0.0667. The zero-order valence-electron chi connectivity index (χ0n) is 10.5. The van der Waals surface area contributed by atoms with Crippen molar-refractivity contribution < 1.29 is 4.42 Å². The molecule has 0 amide bonds. The Bertz CT molecular complexity index is 677. The van der Waals surface area contributed by atoms with Crippen LogP contribution in [0.1, 0.15) is 5.56 Å². The first-order chi connectivity index (χ1) is 9.31. The number of benzene rings is 1. The SMILES string of the molecule is Cc1cccc(Nc2nccc(-c3ccco3)n2)c1. The van der Waals surface area contributed by atoms with Crippen molar-refractivity contribution in [3.63, 3.8) is 0 Å². The van der Waals surface area contributed by atoms with Gasteiger partial charge in [-0.25, -0.2) is 9.97 Å². The highest BCUT2D eigenvalue weighted by Crippen LogP contribution is 2.19. The van der Waals surface area contributed by atoms with Gasteiger partial charge in [-0.1, -0.05) is 12.1 Å². The predicted molar refractivity (Wildman–Crippen MR) is 74.2 cm³/mol. The molecule has 0 aliphatic carbocycles. The van der Waals surface area contributed by atoms with E-state index >= 15 is 0 Å². The Morgan fingerprint density at radius 1 is 1.11 bits per heavy atom. The molecule has 0 spiro atoms. The van der Waals surface area contributed by atoms with Gasteiger partial charge in [-0.2, -0.15) is 0 Å². The minimum atomic E-state index is 0.555. The zero-order valence-corrected chi connectivity index (χ0v) is 10.5. The molecular weight excluding hydrogens is 238 g/mol. The Morgan fingerprint density at radius 2 is 2.05 bits per heavy atom. The van der Waals surface area contributed by atoms with E-state index in [0.717, 1.165) is 17.1 Å². The fourth-order valence-electron chi connectivity index (χ4n) is 1.83. The van der Waals surface area contributed by atoms with E-state index in [9.17, 15) is 0 Å². The predicted octanol–water partition coefficient (Wildman–Crippen LogP) is 3.79. The number of anilines is 2. The lowest BCUT2D eigenvalue weighted by Gasteiger charge is -2.06. The third kappa shape index (κ3) is 2.63. The molecule has 0 fully saturated rings. The summed E-state index contributed by atoms with van der Waals surface area (Å²) in [6.45, 7) is 2.05. The second-order valence-electron chi connectivity index (χ2n) is 4.24. The summed E-state index contributed by atoms with van der Waals surface area (Å²) in [5.41, 5.74) is 2.92. The lowest BCUT2D eigenvalue weighted by Crippen LogP contribution is -1.97. The molecule has 1 aromatic carbocycles. The fourth-order valence-corrected chi connectivity index (χ4v) is 1.83. The van der Waals surface area contributed by atoms with Gasteiger partial charge < -0.3 is 9.73 Å². The number of rotatable bonds is 3. The molecule has 1 N–H and O–H groups in total. The average molecular weight is 251 g/mol. The van der Waals surface area contributed by atoms with Gasteiger partial charge in [-0.3, -0.25) is 0 Å². The Labute approximate surface area is 111 Å². The molecule has 0 aliphatic rings. The normalized spacial score (nSPS) is 10.4. The van der Waals surface area contributed by atoms with Crippen LogP contribution in [0.5, 0.6) is 0 Å². The highest BCUT2D eigenvalue weighted by molar-refractivity contribution is 5.58. The smallest absolute Gasteiger partial charge is 0.227 e. The van der Waals surface area contributed by atoms with Crippen LogP contribution in [-0.2, 0) is 0 Å². The number of nitrogens with one attached hydrogen (secondary N) is 1. The maximum Gasteiger partial charge on any atom is 0.227 e. The number of hydrogen-bond acceptors (Lipinski definition) is 4. The maximum absolute atomic E-state index is 5.33. The molecule has 2 aromatic heterocycles. The first-order valence-corrected chi connectivity index (χ1v) is 6.02. The van der Waals surface area contributed by atoms with Crippen LogP contribution in [0, 0.1) is 6.92 Å². The van der Waals surface area contributed by atoms with E-state index in [0.29, 0.717) is 5.95 Å². The lowest BCUT2D eigenvalue weighted by molar-refractivity contribution is 0.580. The highest BCUT2D eigenvalue weighted by Gasteiger charge is 2.04. The van der Waals surface area contributed by atoms with Crippen molar-refractivity contribution in [2.45, 2.75) is 6.92 Å². The van der Waals surface area contributed by atoms with Crippen LogP contribution in [0.4, 0.5) is 11.6 Å². The van der Waals surface area contributed by atoms with Gasteiger partial charge in [0.1, 0.15) is 5.69 Å². The van der Waals surface area contributed by atoms with Gasteiger partial charge in [0.2, 0.25) is 5.95 Å². The Kier molecular flexibility index (Phi) is 2.98. The zero-order chi connectivity index (χ0) is 13.1. The van der Waals surface area contributed by atoms with E-state index in [1.807, 2.05) is 49.4 Å². The van der Waals surface area contributed by atoms with Crippen LogP contribution in [-0.4, -0.2) is 9.97 Å². The summed E-state index contributed by atoms with van der Waals surface area (Å²) in [4.78, 5) is 8.63. The van der Waals surface area contributed by atoms with Gasteiger partial charge in [0.05, 0.1) is 6.26 Å². The molecule has 0 unspecified atom stereocenters. The van der Waals surface area contributed by atoms with E-state index in [2.05, 4.69) is 15.3 Å². The molecule has 0 saturated heterocycles. The number of furan rings is 1. The molecule has 0 radical (unpaired) electrons. The summed E-state index contributed by atoms with van der Waals surface area (Å²) in [6, 6.07) is 13.6. The van der Waals surface area contributed by atoms with E-state index in [1.54, 1.807) is 12.5 Å². The molecule has 0 atom stereocenters. The average Bonchev–Trinajstić information content (AvgIpc) is 2.93. The van der Waals surface area contributed by atoms with Crippen LogP contribution in [0.3, 0.4) is 0 Å². The molecule has 2 heterocycles. The monoisotopic (exact) mass is 251 g/mol. The summed E-state index contributed by atoms with van der Waals surface area (Å²) in [5.74, 6) is 1.29. The third-order valence-corrected chi connectivity index (χ3v) is 2.70. The highest BCUT2D eigenvalue weighted by atomic mass is 16.3. The second kappa shape index (κ2) is 4.94. The van der Waals surface area contributed by atoms with E-state index in [-0.39, 0.29) is 0 Å². The number of aromatic nitrogens is 2. The second-order valence-corrected chi connectivity index (χ2v) is 4.24. The summed E-state index contributed by atoms with van der Waals surface area (Å²) in [6.07, 6.45) is 3.34. The first kappa shape index (κ1) is 11.5. The Morgan fingerprint density at radius 3 is 2.84 bits per heavy atom. The molecule has 3 rings (SSSR count). The minimum absolute atomic E-state index is 0.555. The van der Waals surface area contributed by atoms with Crippen molar-refractivity contribution >= 4 is 11.6 Å². The quantitative estimate of drug-likeness (QED) is 0.769. The summed E-state index contributed by atoms with van der Waals surface area (Å²) >= 11 is 0. The summed E-state index contributed by atoms with van der Waals surface area (Å²) in [7, 11) is 0. The molecule has 0 saturated carbocycles. The van der Waals surface area contributed by atoms with Crippen LogP contribution in [0.15, 0.2) is 59.3 Å². The summed E-state index contributed by atoms with van der Waals surface area (Å²) in [5, 5.41) is 3.18. The topological polar surface area (TPSA) is 51.0 Å². The molecule has 0 bridgehead atoms. The van der Waals surface area contributed by atoms with Gasteiger partial charge in [0, 0.05) is 11.9 Å². The van der Waals surface area contributed by atoms with Gasteiger partial charge in [0.15, 0.2) is 5.76 Å². The van der Waals surface area contributed by atoms with E-state index in [4.69, 9.17) is 4.42 Å². The first-order valence-electron chi connectivity index (χ1n) is 6.02. The molecule has 3 aromatic rings. The Balaban J connectivity index is 1.88. The molecule has 4 nitrogen and oxygen atoms in total. The summed E-state index contributed by atoms with van der Waals surface area (Å²) < 4.78 is 5.33. The number of nitrogens with zero attached hydrogens (tertiary/aromatic N) is 2. The molecule has 0 aliphatic heterocycles. The van der Waals surface area contributed by atoms with Crippen molar-refractivity contribution in [2.24, 2.45) is 0 Å². The van der Waals surface area contributed by atoms with E-state index in [1.165, 1.54) is 5.56 Å². The van der Waals surface area contributed by atoms with Crippen molar-refractivity contribution in [3.05, 3.63) is 60.5 Å². The van der Waals surface area contributed by atoms with Gasteiger partial charge in [0.25, 0.3) is 0 Å². The third-order valence-electron chi connectivity index (χ3n) is 2.70. The van der Waals surface area contributed by atoms with Crippen LogP contribution >= 0.6 is 0 Å².